The van der Waals surface area contributed by atoms with E-state index in [4.69, 9.17) is 0 Å². The zero-order valence-electron chi connectivity index (χ0n) is 21.2. The molecule has 5 N–H and O–H groups in total. The van der Waals surface area contributed by atoms with Gasteiger partial charge in [0.25, 0.3) is 0 Å². The summed E-state index contributed by atoms with van der Waals surface area (Å²) in [6, 6.07) is 2.74. The van der Waals surface area contributed by atoms with Gasteiger partial charge in [-0.1, -0.05) is 0 Å². The second kappa shape index (κ2) is 7.33. The molecule has 2 unspecified atom stereocenters. The van der Waals surface area contributed by atoms with E-state index >= 15 is 0 Å². The van der Waals surface area contributed by atoms with Crippen molar-refractivity contribution < 1.29 is 49.5 Å². The van der Waals surface area contributed by atoms with Crippen LogP contribution in [0.1, 0.15) is 83.8 Å². The molecule has 0 heterocycles. The van der Waals surface area contributed by atoms with Crippen LogP contribution < -0.4 is 0 Å². The third kappa shape index (κ3) is 2.46. The smallest absolute Gasteiger partial charge is 0.193 e. The Morgan fingerprint density at radius 2 is 1.57 bits per heavy atom. The molecule has 5 aliphatic rings. The number of benzene rings is 2. The van der Waals surface area contributed by atoms with Crippen molar-refractivity contribution in [3.8, 4) is 17.2 Å². The van der Waals surface area contributed by atoms with Crippen molar-refractivity contribution >= 4 is 34.7 Å². The van der Waals surface area contributed by atoms with Gasteiger partial charge in [-0.2, -0.15) is 0 Å². The Morgan fingerprint density at radius 1 is 0.875 bits per heavy atom. The standard InChI is InChI=1S/C30H22O10/c1-8-3-11-17(13(31)4-8)28(39)23-16(34)7-15(33)22-10-6-12(30(22,23)29(11)40)25(36)20-18(10)26(37)21-19(27(20)38)14(32)5-9(2)24(21)35/h3-5,10,12,15,22,31,33,37-39H,6-7H2,1-2H3/t10?,12-,15+,22-,30?/m1/s1. The molecule has 10 nitrogen and oxygen atoms in total. The van der Waals surface area contributed by atoms with E-state index in [-0.39, 0.29) is 28.7 Å². The van der Waals surface area contributed by atoms with E-state index in [1.807, 2.05) is 0 Å². The van der Waals surface area contributed by atoms with Crippen LogP contribution in [0.25, 0.3) is 5.76 Å². The van der Waals surface area contributed by atoms with Gasteiger partial charge in [0.2, 0.25) is 0 Å². The fourth-order valence-corrected chi connectivity index (χ4v) is 8.12. The number of hydrogen-bond donors (Lipinski definition) is 5. The first-order valence-corrected chi connectivity index (χ1v) is 12.8. The Balaban J connectivity index is 1.58. The van der Waals surface area contributed by atoms with Crippen LogP contribution in [0.2, 0.25) is 0 Å². The number of Topliss-reactive ketones (excluding diaryl/α,β-unsaturated/α-hetero) is 4. The lowest BCUT2D eigenvalue weighted by molar-refractivity contribution is -0.123. The topological polar surface area (TPSA) is 186 Å². The summed E-state index contributed by atoms with van der Waals surface area (Å²) in [5.74, 6) is -10.1. The number of ketones is 5. The van der Waals surface area contributed by atoms with Gasteiger partial charge in [0.1, 0.15) is 23.0 Å². The van der Waals surface area contributed by atoms with Gasteiger partial charge in [0, 0.05) is 35.0 Å². The van der Waals surface area contributed by atoms with E-state index in [0.29, 0.717) is 5.56 Å². The molecule has 2 bridgehead atoms. The summed E-state index contributed by atoms with van der Waals surface area (Å²) in [5.41, 5.74) is -3.98. The van der Waals surface area contributed by atoms with Gasteiger partial charge < -0.3 is 25.5 Å². The predicted octanol–water partition coefficient (Wildman–Crippen LogP) is 2.84. The number of carbonyl (C=O) groups excluding carboxylic acids is 5. The summed E-state index contributed by atoms with van der Waals surface area (Å²) in [5, 5.41) is 56.1. The molecule has 2 fully saturated rings. The third-order valence-electron chi connectivity index (χ3n) is 9.45. The molecular formula is C30H22O10. The van der Waals surface area contributed by atoms with E-state index in [1.54, 1.807) is 6.92 Å². The monoisotopic (exact) mass is 542 g/mol. The molecule has 7 rings (SSSR count). The highest BCUT2D eigenvalue weighted by molar-refractivity contribution is 6.29. The molecule has 5 atom stereocenters. The maximum Gasteiger partial charge on any atom is 0.193 e. The average Bonchev–Trinajstić information content (AvgIpc) is 3.18. The number of allylic oxidation sites excluding steroid dienone is 3. The first-order chi connectivity index (χ1) is 18.8. The highest BCUT2D eigenvalue weighted by Gasteiger charge is 2.73. The van der Waals surface area contributed by atoms with Gasteiger partial charge in [-0.15, -0.1) is 0 Å². The van der Waals surface area contributed by atoms with Crippen LogP contribution in [-0.4, -0.2) is 60.6 Å². The van der Waals surface area contributed by atoms with E-state index in [9.17, 15) is 49.5 Å². The number of hydrogen-bond acceptors (Lipinski definition) is 10. The van der Waals surface area contributed by atoms with Crippen molar-refractivity contribution in [2.75, 3.05) is 0 Å². The van der Waals surface area contributed by atoms with Gasteiger partial charge in [-0.25, -0.2) is 0 Å². The average molecular weight is 542 g/mol. The summed E-state index contributed by atoms with van der Waals surface area (Å²) >= 11 is 0. The number of aliphatic hydroxyl groups is 2. The normalized spacial score (nSPS) is 30.0. The van der Waals surface area contributed by atoms with E-state index in [1.165, 1.54) is 19.1 Å². The molecular weight excluding hydrogens is 520 g/mol. The second-order valence-electron chi connectivity index (χ2n) is 11.4. The molecule has 2 aromatic carbocycles. The third-order valence-corrected chi connectivity index (χ3v) is 9.45. The lowest BCUT2D eigenvalue weighted by Gasteiger charge is -2.47. The quantitative estimate of drug-likeness (QED) is 0.310. The van der Waals surface area contributed by atoms with E-state index in [2.05, 4.69) is 0 Å². The van der Waals surface area contributed by atoms with Crippen molar-refractivity contribution in [3.63, 3.8) is 0 Å². The van der Waals surface area contributed by atoms with Crippen LogP contribution in [-0.2, 0) is 4.79 Å². The molecule has 0 amide bonds. The minimum atomic E-state index is -2.07. The summed E-state index contributed by atoms with van der Waals surface area (Å²) in [7, 11) is 0. The van der Waals surface area contributed by atoms with E-state index < -0.39 is 110 Å². The maximum atomic E-state index is 14.5. The Hall–Kier alpha value is -4.57. The van der Waals surface area contributed by atoms with Crippen LogP contribution in [0.15, 0.2) is 29.4 Å². The number of aromatic hydroxyl groups is 3. The molecule has 40 heavy (non-hydrogen) atoms. The highest BCUT2D eigenvalue weighted by Crippen LogP contribution is 2.71. The molecule has 0 aromatic heterocycles. The maximum absolute atomic E-state index is 14.5. The predicted molar refractivity (Wildman–Crippen MR) is 136 cm³/mol. The Morgan fingerprint density at radius 3 is 2.27 bits per heavy atom. The number of carbonyl (C=O) groups is 5. The van der Waals surface area contributed by atoms with Crippen molar-refractivity contribution in [1.29, 1.82) is 0 Å². The summed E-state index contributed by atoms with van der Waals surface area (Å²) in [4.78, 5) is 68.0. The summed E-state index contributed by atoms with van der Waals surface area (Å²) in [6.07, 6.45) is -1.14. The summed E-state index contributed by atoms with van der Waals surface area (Å²) < 4.78 is 0. The largest absolute Gasteiger partial charge is 0.507 e. The minimum absolute atomic E-state index is 0.0164. The Kier molecular flexibility index (Phi) is 4.49. The molecule has 0 aliphatic heterocycles. The first-order valence-electron chi connectivity index (χ1n) is 12.8. The lowest BCUT2D eigenvalue weighted by Crippen LogP contribution is -2.55. The van der Waals surface area contributed by atoms with Crippen LogP contribution >= 0.6 is 0 Å². The molecule has 1 spiro atoms. The molecule has 5 aliphatic carbocycles. The van der Waals surface area contributed by atoms with Gasteiger partial charge in [-0.3, -0.25) is 24.0 Å². The second-order valence-corrected chi connectivity index (χ2v) is 11.4. The van der Waals surface area contributed by atoms with Crippen molar-refractivity contribution in [1.82, 2.24) is 0 Å². The molecule has 2 saturated carbocycles. The number of fused-ring (bicyclic) bond motifs is 7. The molecule has 10 heteroatoms. The molecule has 0 radical (unpaired) electrons. The number of aliphatic hydroxyl groups excluding tert-OH is 2. The van der Waals surface area contributed by atoms with Crippen molar-refractivity contribution in [3.05, 3.63) is 68.3 Å². The van der Waals surface area contributed by atoms with Crippen LogP contribution in [0, 0.1) is 24.2 Å². The number of rotatable bonds is 0. The van der Waals surface area contributed by atoms with Crippen molar-refractivity contribution in [2.24, 2.45) is 17.3 Å². The fraction of sp³-hybridized carbons (Fsp3) is 0.300. The molecule has 0 saturated heterocycles. The number of aryl methyl sites for hydroxylation is 1. The fourth-order valence-electron chi connectivity index (χ4n) is 8.12. The SMILES string of the molecule is CC1=CC(=O)c2c(O)c3c(c(O)c2C1=O)C1C[C@H](C3=O)C23C(=O)c4cc(C)cc(O)c4C(O)=C2C(=O)C[C@H](O)[C@@H]13. The van der Waals surface area contributed by atoms with Gasteiger partial charge >= 0.3 is 0 Å². The zero-order chi connectivity index (χ0) is 28.7. The Bertz CT molecular complexity index is 1790. The summed E-state index contributed by atoms with van der Waals surface area (Å²) in [6.45, 7) is 2.98. The number of phenols is 3. The minimum Gasteiger partial charge on any atom is -0.507 e. The van der Waals surface area contributed by atoms with Crippen LogP contribution in [0.5, 0.6) is 17.2 Å². The molecule has 202 valence electrons. The first kappa shape index (κ1) is 24.5. The van der Waals surface area contributed by atoms with Crippen molar-refractivity contribution in [2.45, 2.75) is 38.7 Å². The van der Waals surface area contributed by atoms with Gasteiger partial charge in [0.15, 0.2) is 28.9 Å². The van der Waals surface area contributed by atoms with Gasteiger partial charge in [-0.05, 0) is 50.0 Å². The van der Waals surface area contributed by atoms with E-state index in [0.717, 1.165) is 6.08 Å². The number of phenolic OH excluding ortho intramolecular Hbond substituents is 3. The Labute approximate surface area is 225 Å². The molecule has 2 aromatic rings. The lowest BCUT2D eigenvalue weighted by atomic mass is 9.53. The highest BCUT2D eigenvalue weighted by atomic mass is 16.3. The van der Waals surface area contributed by atoms with Crippen LogP contribution in [0.4, 0.5) is 0 Å². The van der Waals surface area contributed by atoms with Crippen LogP contribution in [0.3, 0.4) is 0 Å². The van der Waals surface area contributed by atoms with Gasteiger partial charge in [0.05, 0.1) is 39.3 Å². The zero-order valence-corrected chi connectivity index (χ0v) is 21.2.